The highest BCUT2D eigenvalue weighted by molar-refractivity contribution is 7.15. The predicted octanol–water partition coefficient (Wildman–Crippen LogP) is 3.10. The Morgan fingerprint density at radius 1 is 1.29 bits per heavy atom. The van der Waals surface area contributed by atoms with Gasteiger partial charge in [0.15, 0.2) is 5.13 Å². The zero-order valence-electron chi connectivity index (χ0n) is 16.0. The molecule has 146 valence electrons. The van der Waals surface area contributed by atoms with E-state index in [4.69, 9.17) is 0 Å². The second-order valence-electron chi connectivity index (χ2n) is 7.22. The molecule has 0 saturated carbocycles. The summed E-state index contributed by atoms with van der Waals surface area (Å²) in [6, 6.07) is 7.63. The summed E-state index contributed by atoms with van der Waals surface area (Å²) in [6.45, 7) is 5.59. The maximum absolute atomic E-state index is 13.0. The van der Waals surface area contributed by atoms with Gasteiger partial charge in [-0.15, -0.1) is 11.3 Å². The second kappa shape index (κ2) is 7.81. The smallest absolute Gasteiger partial charge is 0.240 e. The molecular formula is C20H23N5O2S. The molecule has 8 heteroatoms. The largest absolute Gasteiger partial charge is 0.301 e. The minimum atomic E-state index is -0.136. The number of carbonyl (C=O) groups excluding carboxylic acids is 2. The number of rotatable bonds is 4. The molecule has 1 aliphatic heterocycles. The number of likely N-dealkylation sites (tertiary alicyclic amines) is 1. The highest BCUT2D eigenvalue weighted by atomic mass is 32.1. The van der Waals surface area contributed by atoms with Crippen LogP contribution in [-0.4, -0.2) is 50.9 Å². The molecule has 1 aliphatic rings. The van der Waals surface area contributed by atoms with E-state index in [-0.39, 0.29) is 24.3 Å². The van der Waals surface area contributed by atoms with Crippen LogP contribution in [0.5, 0.6) is 0 Å². The number of benzene rings is 1. The number of nitrogens with zero attached hydrogens (tertiary/aromatic N) is 4. The van der Waals surface area contributed by atoms with Crippen LogP contribution in [0.15, 0.2) is 30.6 Å². The normalized spacial score (nSPS) is 17.7. The summed E-state index contributed by atoms with van der Waals surface area (Å²) in [5, 5.41) is 3.51. The number of aryl methyl sites for hydroxylation is 2. The summed E-state index contributed by atoms with van der Waals surface area (Å²) in [4.78, 5) is 37.2. The predicted molar refractivity (Wildman–Crippen MR) is 110 cm³/mol. The van der Waals surface area contributed by atoms with Gasteiger partial charge in [-0.1, -0.05) is 12.1 Å². The molecule has 2 aromatic heterocycles. The Morgan fingerprint density at radius 2 is 2.11 bits per heavy atom. The van der Waals surface area contributed by atoms with E-state index in [0.717, 1.165) is 41.0 Å². The summed E-state index contributed by atoms with van der Waals surface area (Å²) in [5.74, 6) is -0.177. The fraction of sp³-hybridized carbons (Fsp3) is 0.400. The van der Waals surface area contributed by atoms with E-state index in [1.807, 2.05) is 43.0 Å². The standard InChI is InChI=1S/C20H23N5O2S/c1-13-14(2)28-20(22-13)23-18(26)11-24-9-5-6-15(10-24)19(27)25-12-21-16-7-3-4-8-17(16)25/h3-4,7-8,12,15H,5-6,9-11H2,1-2H3,(H,22,23,26). The number of para-hydroxylation sites is 2. The summed E-state index contributed by atoms with van der Waals surface area (Å²) in [6.07, 6.45) is 3.33. The topological polar surface area (TPSA) is 80.1 Å². The third-order valence-corrected chi connectivity index (χ3v) is 6.18. The number of anilines is 1. The molecule has 1 saturated heterocycles. The quantitative estimate of drug-likeness (QED) is 0.732. The molecular weight excluding hydrogens is 374 g/mol. The molecule has 1 amide bonds. The first-order valence-corrected chi connectivity index (χ1v) is 10.3. The molecule has 7 nitrogen and oxygen atoms in total. The van der Waals surface area contributed by atoms with Gasteiger partial charge in [0.25, 0.3) is 0 Å². The lowest BCUT2D eigenvalue weighted by Gasteiger charge is -2.31. The SMILES string of the molecule is Cc1nc(NC(=O)CN2CCCC(C(=O)n3cnc4ccccc43)C2)sc1C. The minimum Gasteiger partial charge on any atom is -0.301 e. The number of thiazole rings is 1. The van der Waals surface area contributed by atoms with Crippen molar-refractivity contribution in [2.75, 3.05) is 25.0 Å². The lowest BCUT2D eigenvalue weighted by atomic mass is 9.97. The van der Waals surface area contributed by atoms with Crippen molar-refractivity contribution in [3.05, 3.63) is 41.2 Å². The number of fused-ring (bicyclic) bond motifs is 1. The lowest BCUT2D eigenvalue weighted by molar-refractivity contribution is -0.117. The van der Waals surface area contributed by atoms with E-state index in [9.17, 15) is 9.59 Å². The van der Waals surface area contributed by atoms with E-state index in [1.54, 1.807) is 10.9 Å². The number of imidazole rings is 1. The average molecular weight is 398 g/mol. The van der Waals surface area contributed by atoms with Gasteiger partial charge >= 0.3 is 0 Å². The number of hydrogen-bond acceptors (Lipinski definition) is 6. The van der Waals surface area contributed by atoms with Gasteiger partial charge in [-0.3, -0.25) is 19.1 Å². The van der Waals surface area contributed by atoms with E-state index in [2.05, 4.69) is 15.3 Å². The van der Waals surface area contributed by atoms with Crippen LogP contribution in [0.4, 0.5) is 5.13 Å². The monoisotopic (exact) mass is 397 g/mol. The van der Waals surface area contributed by atoms with Crippen molar-refractivity contribution in [3.8, 4) is 0 Å². The summed E-state index contributed by atoms with van der Waals surface area (Å²) >= 11 is 1.48. The molecule has 1 aromatic carbocycles. The Labute approximate surface area is 167 Å². The molecule has 0 aliphatic carbocycles. The van der Waals surface area contributed by atoms with Crippen molar-refractivity contribution in [2.24, 2.45) is 5.92 Å². The Balaban J connectivity index is 1.40. The molecule has 1 atom stereocenters. The molecule has 1 unspecified atom stereocenters. The van der Waals surface area contributed by atoms with Crippen LogP contribution in [0.2, 0.25) is 0 Å². The first-order chi connectivity index (χ1) is 13.5. The van der Waals surface area contributed by atoms with Crippen molar-refractivity contribution in [3.63, 3.8) is 0 Å². The average Bonchev–Trinajstić information content (AvgIpc) is 3.24. The van der Waals surface area contributed by atoms with Crippen LogP contribution in [0.3, 0.4) is 0 Å². The third-order valence-electron chi connectivity index (χ3n) is 5.19. The van der Waals surface area contributed by atoms with Crippen molar-refractivity contribution >= 4 is 39.3 Å². The van der Waals surface area contributed by atoms with Crippen molar-refractivity contribution in [1.29, 1.82) is 0 Å². The van der Waals surface area contributed by atoms with Crippen molar-refractivity contribution in [2.45, 2.75) is 26.7 Å². The third kappa shape index (κ3) is 3.83. The highest BCUT2D eigenvalue weighted by Gasteiger charge is 2.28. The Morgan fingerprint density at radius 3 is 2.89 bits per heavy atom. The first-order valence-electron chi connectivity index (χ1n) is 9.44. The van der Waals surface area contributed by atoms with Crippen LogP contribution < -0.4 is 5.32 Å². The van der Waals surface area contributed by atoms with Gasteiger partial charge in [0.05, 0.1) is 29.2 Å². The summed E-state index contributed by atoms with van der Waals surface area (Å²) in [7, 11) is 0. The van der Waals surface area contributed by atoms with Gasteiger partial charge in [0, 0.05) is 11.4 Å². The molecule has 0 bridgehead atoms. The molecule has 1 N–H and O–H groups in total. The molecule has 3 aromatic rings. The molecule has 1 fully saturated rings. The number of carbonyl (C=O) groups is 2. The zero-order valence-corrected chi connectivity index (χ0v) is 16.8. The molecule has 0 radical (unpaired) electrons. The lowest BCUT2D eigenvalue weighted by Crippen LogP contribution is -2.43. The van der Waals surface area contributed by atoms with Gasteiger partial charge in [0.2, 0.25) is 11.8 Å². The van der Waals surface area contributed by atoms with Crippen molar-refractivity contribution < 1.29 is 9.59 Å². The Hall–Kier alpha value is -2.58. The first kappa shape index (κ1) is 18.8. The number of hydrogen-bond donors (Lipinski definition) is 1. The fourth-order valence-electron chi connectivity index (χ4n) is 3.62. The van der Waals surface area contributed by atoms with Gasteiger partial charge < -0.3 is 5.32 Å². The van der Waals surface area contributed by atoms with Crippen LogP contribution in [0, 0.1) is 19.8 Å². The fourth-order valence-corrected chi connectivity index (χ4v) is 4.45. The zero-order chi connectivity index (χ0) is 19.7. The highest BCUT2D eigenvalue weighted by Crippen LogP contribution is 2.23. The van der Waals surface area contributed by atoms with E-state index < -0.39 is 0 Å². The summed E-state index contributed by atoms with van der Waals surface area (Å²) in [5.41, 5.74) is 2.59. The number of aromatic nitrogens is 3. The summed E-state index contributed by atoms with van der Waals surface area (Å²) < 4.78 is 1.64. The number of amides is 1. The maximum atomic E-state index is 13.0. The van der Waals surface area contributed by atoms with Gasteiger partial charge in [-0.05, 0) is 45.4 Å². The van der Waals surface area contributed by atoms with E-state index in [0.29, 0.717) is 11.7 Å². The molecule has 4 rings (SSSR count). The molecule has 28 heavy (non-hydrogen) atoms. The number of nitrogens with one attached hydrogen (secondary N) is 1. The van der Waals surface area contributed by atoms with Gasteiger partial charge in [0.1, 0.15) is 6.33 Å². The van der Waals surface area contributed by atoms with Crippen LogP contribution >= 0.6 is 11.3 Å². The van der Waals surface area contributed by atoms with Crippen molar-refractivity contribution in [1.82, 2.24) is 19.4 Å². The Kier molecular flexibility index (Phi) is 5.23. The second-order valence-corrected chi connectivity index (χ2v) is 8.43. The van der Waals surface area contributed by atoms with Crippen LogP contribution in [0.25, 0.3) is 11.0 Å². The maximum Gasteiger partial charge on any atom is 0.240 e. The van der Waals surface area contributed by atoms with E-state index >= 15 is 0 Å². The number of piperidine rings is 1. The minimum absolute atomic E-state index is 0.0463. The van der Waals surface area contributed by atoms with Gasteiger partial charge in [-0.25, -0.2) is 9.97 Å². The molecule has 3 heterocycles. The Bertz CT molecular complexity index is 1010. The van der Waals surface area contributed by atoms with Crippen LogP contribution in [-0.2, 0) is 4.79 Å². The molecule has 0 spiro atoms. The van der Waals surface area contributed by atoms with Gasteiger partial charge in [-0.2, -0.15) is 0 Å². The van der Waals surface area contributed by atoms with Crippen LogP contribution in [0.1, 0.15) is 28.2 Å². The van der Waals surface area contributed by atoms with E-state index in [1.165, 1.54) is 11.3 Å².